The highest BCUT2D eigenvalue weighted by Crippen LogP contribution is 2.22. The number of hydrogen-bond acceptors (Lipinski definition) is 2. The van der Waals surface area contributed by atoms with E-state index < -0.39 is 0 Å². The van der Waals surface area contributed by atoms with Crippen LogP contribution in [-0.4, -0.2) is 11.9 Å². The van der Waals surface area contributed by atoms with Crippen LogP contribution in [0.25, 0.3) is 0 Å². The summed E-state index contributed by atoms with van der Waals surface area (Å²) in [4.78, 5) is 23.4. The van der Waals surface area contributed by atoms with E-state index in [2.05, 4.69) is 16.0 Å². The third kappa shape index (κ3) is 5.50. The van der Waals surface area contributed by atoms with E-state index in [4.69, 9.17) is 11.6 Å². The number of benzene rings is 2. The minimum atomic E-state index is -0.287. The zero-order valence-electron chi connectivity index (χ0n) is 14.5. The van der Waals surface area contributed by atoms with Gasteiger partial charge in [-0.2, -0.15) is 0 Å². The Bertz CT molecular complexity index is 764. The number of hydrogen-bond donors (Lipinski definition) is 3. The first-order valence-corrected chi connectivity index (χ1v) is 8.43. The molecule has 0 aromatic heterocycles. The number of rotatable bonds is 5. The number of carbonyl (C=O) groups excluding carboxylic acids is 2. The molecular weight excluding hydrogens is 338 g/mol. The summed E-state index contributed by atoms with van der Waals surface area (Å²) < 4.78 is 0. The predicted octanol–water partition coefficient (Wildman–Crippen LogP) is 4.42. The van der Waals surface area contributed by atoms with Gasteiger partial charge in [0.15, 0.2) is 0 Å². The van der Waals surface area contributed by atoms with Gasteiger partial charge in [-0.1, -0.05) is 41.9 Å². The Morgan fingerprint density at radius 3 is 2.32 bits per heavy atom. The van der Waals surface area contributed by atoms with Gasteiger partial charge in [0.05, 0.1) is 12.1 Å². The molecule has 0 heterocycles. The molecule has 2 rings (SSSR count). The van der Waals surface area contributed by atoms with E-state index in [1.54, 1.807) is 12.1 Å². The van der Waals surface area contributed by atoms with Gasteiger partial charge >= 0.3 is 6.03 Å². The van der Waals surface area contributed by atoms with Crippen molar-refractivity contribution in [3.63, 3.8) is 0 Å². The first kappa shape index (κ1) is 18.8. The van der Waals surface area contributed by atoms with Crippen LogP contribution in [0, 0.1) is 0 Å². The second-order valence-corrected chi connectivity index (χ2v) is 6.30. The Kier molecular flexibility index (Phi) is 6.42. The number of carbonyl (C=O) groups is 2. The molecule has 2 atom stereocenters. The highest BCUT2D eigenvalue weighted by Gasteiger charge is 2.15. The number of amides is 3. The van der Waals surface area contributed by atoms with Crippen molar-refractivity contribution in [3.05, 3.63) is 64.7 Å². The largest absolute Gasteiger partial charge is 0.332 e. The lowest BCUT2D eigenvalue weighted by atomic mass is 10.1. The summed E-state index contributed by atoms with van der Waals surface area (Å²) in [5, 5.41) is 9.12. The van der Waals surface area contributed by atoms with E-state index >= 15 is 0 Å². The maximum absolute atomic E-state index is 12.2. The number of anilines is 1. The zero-order chi connectivity index (χ0) is 18.4. The molecule has 2 aromatic carbocycles. The average Bonchev–Trinajstić information content (AvgIpc) is 2.54. The van der Waals surface area contributed by atoms with Crippen LogP contribution in [0.4, 0.5) is 10.5 Å². The summed E-state index contributed by atoms with van der Waals surface area (Å²) in [5.74, 6) is -0.135. The van der Waals surface area contributed by atoms with Crippen LogP contribution in [0.2, 0.25) is 5.02 Å². The van der Waals surface area contributed by atoms with Crippen molar-refractivity contribution in [2.24, 2.45) is 0 Å². The van der Waals surface area contributed by atoms with Crippen molar-refractivity contribution in [3.8, 4) is 0 Å². The predicted molar refractivity (Wildman–Crippen MR) is 101 cm³/mol. The monoisotopic (exact) mass is 359 g/mol. The Balaban J connectivity index is 1.98. The van der Waals surface area contributed by atoms with Crippen LogP contribution in [0.3, 0.4) is 0 Å². The summed E-state index contributed by atoms with van der Waals surface area (Å²) in [6, 6.07) is 14.1. The molecule has 0 aliphatic heterocycles. The third-order valence-corrected chi connectivity index (χ3v) is 4.12. The maximum atomic E-state index is 12.2. The first-order chi connectivity index (χ1) is 11.9. The first-order valence-electron chi connectivity index (χ1n) is 8.06. The second kappa shape index (κ2) is 8.53. The molecule has 0 bridgehead atoms. The SMILES string of the molecule is CC(=O)Nc1cccc([C@@H](C)NC(=O)N[C@H](C)c2ccccc2Cl)c1. The van der Waals surface area contributed by atoms with Crippen molar-refractivity contribution in [1.82, 2.24) is 10.6 Å². The molecule has 3 N–H and O–H groups in total. The maximum Gasteiger partial charge on any atom is 0.315 e. The molecule has 2 aromatic rings. The van der Waals surface area contributed by atoms with Gasteiger partial charge in [-0.3, -0.25) is 4.79 Å². The minimum absolute atomic E-state index is 0.135. The molecule has 0 unspecified atom stereocenters. The normalized spacial score (nSPS) is 12.8. The Morgan fingerprint density at radius 2 is 1.64 bits per heavy atom. The Hall–Kier alpha value is -2.53. The summed E-state index contributed by atoms with van der Waals surface area (Å²) >= 11 is 6.16. The van der Waals surface area contributed by atoms with E-state index in [0.29, 0.717) is 10.7 Å². The van der Waals surface area contributed by atoms with Crippen molar-refractivity contribution in [1.29, 1.82) is 0 Å². The number of nitrogens with one attached hydrogen (secondary N) is 3. The summed E-state index contributed by atoms with van der Waals surface area (Å²) in [5.41, 5.74) is 2.45. The van der Waals surface area contributed by atoms with Crippen LogP contribution in [0.5, 0.6) is 0 Å². The average molecular weight is 360 g/mol. The van der Waals surface area contributed by atoms with Crippen molar-refractivity contribution >= 4 is 29.2 Å². The molecule has 132 valence electrons. The minimum Gasteiger partial charge on any atom is -0.332 e. The van der Waals surface area contributed by atoms with Gasteiger partial charge < -0.3 is 16.0 Å². The van der Waals surface area contributed by atoms with Crippen molar-refractivity contribution in [2.45, 2.75) is 32.9 Å². The van der Waals surface area contributed by atoms with E-state index in [1.807, 2.05) is 50.2 Å². The molecule has 25 heavy (non-hydrogen) atoms. The Labute approximate surface area is 152 Å². The highest BCUT2D eigenvalue weighted by atomic mass is 35.5. The second-order valence-electron chi connectivity index (χ2n) is 5.89. The van der Waals surface area contributed by atoms with Crippen LogP contribution in [-0.2, 0) is 4.79 Å². The molecule has 0 aliphatic carbocycles. The topological polar surface area (TPSA) is 70.2 Å². The van der Waals surface area contributed by atoms with E-state index in [-0.39, 0.29) is 24.0 Å². The molecule has 5 nitrogen and oxygen atoms in total. The van der Waals surface area contributed by atoms with Gasteiger partial charge in [0, 0.05) is 17.6 Å². The summed E-state index contributed by atoms with van der Waals surface area (Å²) in [6.07, 6.45) is 0. The van der Waals surface area contributed by atoms with Crippen LogP contribution < -0.4 is 16.0 Å². The molecule has 0 fully saturated rings. The van der Waals surface area contributed by atoms with Crippen LogP contribution >= 0.6 is 11.6 Å². The lowest BCUT2D eigenvalue weighted by molar-refractivity contribution is -0.114. The highest BCUT2D eigenvalue weighted by molar-refractivity contribution is 6.31. The van der Waals surface area contributed by atoms with Gasteiger partial charge in [0.1, 0.15) is 0 Å². The van der Waals surface area contributed by atoms with Gasteiger partial charge in [0.25, 0.3) is 0 Å². The van der Waals surface area contributed by atoms with Crippen molar-refractivity contribution in [2.75, 3.05) is 5.32 Å². The van der Waals surface area contributed by atoms with E-state index in [0.717, 1.165) is 11.1 Å². The van der Waals surface area contributed by atoms with E-state index in [9.17, 15) is 9.59 Å². The third-order valence-electron chi connectivity index (χ3n) is 3.77. The standard InChI is InChI=1S/C19H22ClN3O2/c1-12(15-7-6-8-16(11-15)23-14(3)24)21-19(25)22-13(2)17-9-4-5-10-18(17)20/h4-13H,1-3H3,(H,23,24)(H2,21,22,25)/t12-,13-/m1/s1. The van der Waals surface area contributed by atoms with Crippen LogP contribution in [0.15, 0.2) is 48.5 Å². The van der Waals surface area contributed by atoms with E-state index in [1.165, 1.54) is 6.92 Å². The Morgan fingerprint density at radius 1 is 0.960 bits per heavy atom. The molecule has 0 saturated carbocycles. The smallest absolute Gasteiger partial charge is 0.315 e. The summed E-state index contributed by atoms with van der Waals surface area (Å²) in [7, 11) is 0. The lowest BCUT2D eigenvalue weighted by Crippen LogP contribution is -2.38. The van der Waals surface area contributed by atoms with Crippen molar-refractivity contribution < 1.29 is 9.59 Å². The molecule has 0 saturated heterocycles. The van der Waals surface area contributed by atoms with Gasteiger partial charge in [-0.25, -0.2) is 4.79 Å². The van der Waals surface area contributed by atoms with Gasteiger partial charge in [-0.05, 0) is 43.2 Å². The summed E-state index contributed by atoms with van der Waals surface area (Å²) in [6.45, 7) is 5.22. The quantitative estimate of drug-likeness (QED) is 0.739. The number of urea groups is 1. The molecule has 0 aliphatic rings. The van der Waals surface area contributed by atoms with Gasteiger partial charge in [0.2, 0.25) is 5.91 Å². The van der Waals surface area contributed by atoms with Crippen LogP contribution in [0.1, 0.15) is 44.0 Å². The molecular formula is C19H22ClN3O2. The molecule has 3 amide bonds. The number of halogens is 1. The molecule has 0 spiro atoms. The zero-order valence-corrected chi connectivity index (χ0v) is 15.2. The van der Waals surface area contributed by atoms with Gasteiger partial charge in [-0.15, -0.1) is 0 Å². The fourth-order valence-corrected chi connectivity index (χ4v) is 2.81. The fourth-order valence-electron chi connectivity index (χ4n) is 2.51. The fraction of sp³-hybridized carbons (Fsp3) is 0.263. The lowest BCUT2D eigenvalue weighted by Gasteiger charge is -2.20. The molecule has 6 heteroatoms. The molecule has 0 radical (unpaired) electrons.